The number of nitrogens with one attached hydrogen (secondary N) is 1. The van der Waals surface area contributed by atoms with Crippen LogP contribution in [-0.4, -0.2) is 23.4 Å². The third kappa shape index (κ3) is 4.17. The number of amides is 1. The second-order valence-electron chi connectivity index (χ2n) is 6.45. The fourth-order valence-electron chi connectivity index (χ4n) is 3.04. The number of hydrogen-bond acceptors (Lipinski definition) is 5. The molecule has 1 heterocycles. The van der Waals surface area contributed by atoms with Crippen LogP contribution in [0.1, 0.15) is 34.2 Å². The summed E-state index contributed by atoms with van der Waals surface area (Å²) >= 11 is 1.62. The summed E-state index contributed by atoms with van der Waals surface area (Å²) in [6.45, 7) is 0.230. The first-order chi connectivity index (χ1) is 13.2. The van der Waals surface area contributed by atoms with E-state index in [1.165, 1.54) is 5.56 Å². The quantitative estimate of drug-likeness (QED) is 0.621. The van der Waals surface area contributed by atoms with Crippen LogP contribution in [0.3, 0.4) is 0 Å². The first-order valence-electron chi connectivity index (χ1n) is 8.82. The van der Waals surface area contributed by atoms with E-state index in [2.05, 4.69) is 22.6 Å². The van der Waals surface area contributed by atoms with Crippen LogP contribution >= 0.6 is 11.8 Å². The van der Waals surface area contributed by atoms with Gasteiger partial charge >= 0.3 is 0 Å². The van der Waals surface area contributed by atoms with Gasteiger partial charge < -0.3 is 14.6 Å². The molecule has 1 aromatic heterocycles. The smallest absolute Gasteiger partial charge is 0.273 e. The molecule has 0 unspecified atom stereocenters. The van der Waals surface area contributed by atoms with Crippen molar-refractivity contribution in [3.63, 3.8) is 0 Å². The molecule has 1 N–H and O–H groups in total. The lowest BCUT2D eigenvalue weighted by atomic mass is 10.1. The van der Waals surface area contributed by atoms with Crippen molar-refractivity contribution < 1.29 is 14.1 Å². The molecule has 0 bridgehead atoms. The van der Waals surface area contributed by atoms with Crippen molar-refractivity contribution >= 4 is 17.7 Å². The van der Waals surface area contributed by atoms with E-state index in [0.717, 1.165) is 17.1 Å². The van der Waals surface area contributed by atoms with Crippen LogP contribution in [0.4, 0.5) is 0 Å². The summed E-state index contributed by atoms with van der Waals surface area (Å²) in [6, 6.07) is 19.8. The van der Waals surface area contributed by atoms with Gasteiger partial charge in [0, 0.05) is 22.9 Å². The molecule has 2 atom stereocenters. The summed E-state index contributed by atoms with van der Waals surface area (Å²) < 4.78 is 11.0. The van der Waals surface area contributed by atoms with E-state index in [-0.39, 0.29) is 24.2 Å². The molecule has 1 aliphatic carbocycles. The van der Waals surface area contributed by atoms with Crippen LogP contribution < -0.4 is 10.1 Å². The van der Waals surface area contributed by atoms with Gasteiger partial charge in [-0.05, 0) is 30.4 Å². The van der Waals surface area contributed by atoms with E-state index < -0.39 is 0 Å². The summed E-state index contributed by atoms with van der Waals surface area (Å²) in [5.74, 6) is 1.48. The van der Waals surface area contributed by atoms with Crippen molar-refractivity contribution in [2.24, 2.45) is 0 Å². The molecule has 2 aromatic carbocycles. The molecule has 1 amide bonds. The zero-order chi connectivity index (χ0) is 18.6. The molecule has 27 heavy (non-hydrogen) atoms. The topological polar surface area (TPSA) is 64.4 Å². The number of carbonyl (C=O) groups is 1. The highest BCUT2D eigenvalue weighted by molar-refractivity contribution is 7.98. The Labute approximate surface area is 162 Å². The van der Waals surface area contributed by atoms with Crippen molar-refractivity contribution in [3.05, 3.63) is 77.7 Å². The molecule has 0 radical (unpaired) electrons. The van der Waals surface area contributed by atoms with E-state index in [0.29, 0.717) is 11.7 Å². The Kier molecular flexibility index (Phi) is 5.16. The zero-order valence-corrected chi connectivity index (χ0v) is 15.7. The van der Waals surface area contributed by atoms with Gasteiger partial charge in [-0.25, -0.2) is 0 Å². The Hall–Kier alpha value is -2.73. The Balaban J connectivity index is 1.32. The highest BCUT2D eigenvalue weighted by Gasteiger charge is 2.39. The van der Waals surface area contributed by atoms with Crippen molar-refractivity contribution in [1.29, 1.82) is 0 Å². The molecule has 0 aliphatic heterocycles. The molecule has 0 spiro atoms. The van der Waals surface area contributed by atoms with Crippen molar-refractivity contribution in [2.75, 3.05) is 6.26 Å². The van der Waals surface area contributed by atoms with Crippen molar-refractivity contribution in [3.8, 4) is 5.75 Å². The van der Waals surface area contributed by atoms with E-state index >= 15 is 0 Å². The maximum absolute atomic E-state index is 12.4. The fraction of sp³-hybridized carbons (Fsp3) is 0.238. The number of carbonyl (C=O) groups excluding carboxylic acids is 1. The summed E-state index contributed by atoms with van der Waals surface area (Å²) in [4.78, 5) is 13.4. The number of ether oxygens (including phenoxy) is 1. The minimum atomic E-state index is -0.210. The van der Waals surface area contributed by atoms with Gasteiger partial charge in [-0.2, -0.15) is 0 Å². The van der Waals surface area contributed by atoms with Gasteiger partial charge in [-0.1, -0.05) is 47.6 Å². The normalized spacial score (nSPS) is 18.1. The molecule has 1 fully saturated rings. The number of para-hydroxylation sites is 1. The molecule has 0 saturated heterocycles. The average molecular weight is 380 g/mol. The molecular weight excluding hydrogens is 360 g/mol. The van der Waals surface area contributed by atoms with E-state index in [4.69, 9.17) is 9.26 Å². The number of rotatable bonds is 7. The van der Waals surface area contributed by atoms with Crippen LogP contribution in [0.25, 0.3) is 0 Å². The number of benzene rings is 2. The first kappa shape index (κ1) is 17.7. The van der Waals surface area contributed by atoms with Gasteiger partial charge in [0.1, 0.15) is 12.4 Å². The minimum absolute atomic E-state index is 0.157. The average Bonchev–Trinajstić information content (AvgIpc) is 3.31. The second-order valence-corrected chi connectivity index (χ2v) is 7.30. The molecule has 4 rings (SSSR count). The molecule has 1 aliphatic rings. The molecule has 138 valence electrons. The van der Waals surface area contributed by atoms with Gasteiger partial charge in [0.25, 0.3) is 5.91 Å². The van der Waals surface area contributed by atoms with E-state index in [9.17, 15) is 4.79 Å². The molecular formula is C21H20N2O3S. The van der Waals surface area contributed by atoms with Gasteiger partial charge in [-0.3, -0.25) is 4.79 Å². The number of aromatic nitrogens is 1. The van der Waals surface area contributed by atoms with Crippen LogP contribution in [0, 0.1) is 0 Å². The predicted molar refractivity (Wildman–Crippen MR) is 104 cm³/mol. The second kappa shape index (κ2) is 7.88. The largest absolute Gasteiger partial charge is 0.484 e. The highest BCUT2D eigenvalue weighted by Crippen LogP contribution is 2.40. The number of thioether (sulfide) groups is 1. The molecule has 1 saturated carbocycles. The third-order valence-corrected chi connectivity index (χ3v) is 5.34. The minimum Gasteiger partial charge on any atom is -0.484 e. The maximum atomic E-state index is 12.4. The predicted octanol–water partition coefficient (Wildman–Crippen LogP) is 4.26. The van der Waals surface area contributed by atoms with Crippen molar-refractivity contribution in [2.45, 2.75) is 29.9 Å². The summed E-state index contributed by atoms with van der Waals surface area (Å²) in [5.41, 5.74) is 1.54. The van der Waals surface area contributed by atoms with Gasteiger partial charge in [0.2, 0.25) is 0 Å². The lowest BCUT2D eigenvalue weighted by molar-refractivity contribution is 0.0941. The lowest BCUT2D eigenvalue weighted by Gasteiger charge is -2.07. The summed E-state index contributed by atoms with van der Waals surface area (Å²) in [5, 5.41) is 6.90. The molecule has 3 aromatic rings. The first-order valence-corrected chi connectivity index (χ1v) is 10.0. The zero-order valence-electron chi connectivity index (χ0n) is 14.9. The van der Waals surface area contributed by atoms with E-state index in [1.54, 1.807) is 17.8 Å². The summed E-state index contributed by atoms with van der Waals surface area (Å²) in [7, 11) is 0. The monoisotopic (exact) mass is 380 g/mol. The Morgan fingerprint density at radius 3 is 2.81 bits per heavy atom. The number of nitrogens with zero attached hydrogens (tertiary/aromatic N) is 1. The summed E-state index contributed by atoms with van der Waals surface area (Å²) in [6.07, 6.45) is 2.95. The third-order valence-electron chi connectivity index (χ3n) is 4.57. The maximum Gasteiger partial charge on any atom is 0.273 e. The van der Waals surface area contributed by atoms with E-state index in [1.807, 2.05) is 48.7 Å². The molecule has 6 heteroatoms. The van der Waals surface area contributed by atoms with Crippen LogP contribution in [-0.2, 0) is 6.61 Å². The highest BCUT2D eigenvalue weighted by atomic mass is 32.2. The molecule has 5 nitrogen and oxygen atoms in total. The van der Waals surface area contributed by atoms with Gasteiger partial charge in [0.15, 0.2) is 11.5 Å². The van der Waals surface area contributed by atoms with Crippen LogP contribution in [0.15, 0.2) is 70.1 Å². The lowest BCUT2D eigenvalue weighted by Crippen LogP contribution is -2.26. The van der Waals surface area contributed by atoms with Crippen LogP contribution in [0.5, 0.6) is 5.75 Å². The van der Waals surface area contributed by atoms with Crippen LogP contribution in [0.2, 0.25) is 0 Å². The number of hydrogen-bond donors (Lipinski definition) is 1. The Morgan fingerprint density at radius 2 is 2.00 bits per heavy atom. The Morgan fingerprint density at radius 1 is 1.22 bits per heavy atom. The Bertz CT molecular complexity index is 926. The fourth-order valence-corrected chi connectivity index (χ4v) is 3.58. The van der Waals surface area contributed by atoms with Crippen molar-refractivity contribution in [1.82, 2.24) is 10.5 Å². The SMILES string of the molecule is CSc1ccccc1OCc1cc(C(=O)N[C@@H]2C[C@H]2c2ccccc2)no1. The van der Waals surface area contributed by atoms with Gasteiger partial charge in [-0.15, -0.1) is 11.8 Å². The van der Waals surface area contributed by atoms with Gasteiger partial charge in [0.05, 0.1) is 0 Å². The standard InChI is InChI=1S/C21H20N2O3S/c1-27-20-10-6-5-9-19(20)25-13-15-11-18(23-26-15)21(24)22-17-12-16(17)14-7-3-2-4-8-14/h2-11,16-17H,12-13H2,1H3,(H,22,24)/t16-,17+/m0/s1.